The molecule has 4 nitrogen and oxygen atoms in total. The van der Waals surface area contributed by atoms with E-state index in [-0.39, 0.29) is 0 Å². The second-order valence-electron chi connectivity index (χ2n) is 4.03. The average Bonchev–Trinajstić information content (AvgIpc) is 3.09. The van der Waals surface area contributed by atoms with Gasteiger partial charge in [0.2, 0.25) is 0 Å². The van der Waals surface area contributed by atoms with Crippen molar-refractivity contribution >= 4 is 17.3 Å². The van der Waals surface area contributed by atoms with Crippen molar-refractivity contribution in [3.63, 3.8) is 0 Å². The van der Waals surface area contributed by atoms with Crippen LogP contribution in [0.5, 0.6) is 0 Å². The van der Waals surface area contributed by atoms with Gasteiger partial charge in [0.05, 0.1) is 11.4 Å². The predicted octanol–water partition coefficient (Wildman–Crippen LogP) is 2.78. The summed E-state index contributed by atoms with van der Waals surface area (Å²) in [7, 11) is 0. The molecule has 2 heterocycles. The molecule has 0 bridgehead atoms. The molecule has 0 saturated heterocycles. The monoisotopic (exact) mass is 246 g/mol. The predicted molar refractivity (Wildman–Crippen MR) is 64.3 cm³/mol. The number of carboxylic acid groups (broad SMARTS) is 1. The van der Waals surface area contributed by atoms with E-state index in [4.69, 9.17) is 5.11 Å². The van der Waals surface area contributed by atoms with E-state index >= 15 is 0 Å². The van der Waals surface area contributed by atoms with E-state index < -0.39 is 5.97 Å². The summed E-state index contributed by atoms with van der Waals surface area (Å²) in [4.78, 5) is 20.2. The molecule has 2 aromatic heterocycles. The highest BCUT2D eigenvalue weighted by atomic mass is 32.1. The van der Waals surface area contributed by atoms with Crippen LogP contribution in [0.2, 0.25) is 0 Å². The SMILES string of the molecule is O=C(O)c1sc(-c2ccccn2)nc1C1CC1. The molecule has 0 radical (unpaired) electrons. The molecule has 5 heteroatoms. The summed E-state index contributed by atoms with van der Waals surface area (Å²) < 4.78 is 0. The molecule has 1 saturated carbocycles. The first-order valence-electron chi connectivity index (χ1n) is 5.41. The lowest BCUT2D eigenvalue weighted by atomic mass is 10.2. The zero-order valence-electron chi connectivity index (χ0n) is 8.96. The smallest absolute Gasteiger partial charge is 0.347 e. The highest BCUT2D eigenvalue weighted by molar-refractivity contribution is 7.17. The number of carbonyl (C=O) groups is 1. The van der Waals surface area contributed by atoms with Gasteiger partial charge in [0.1, 0.15) is 9.88 Å². The van der Waals surface area contributed by atoms with Gasteiger partial charge in [0.25, 0.3) is 0 Å². The van der Waals surface area contributed by atoms with E-state index in [1.165, 1.54) is 11.3 Å². The summed E-state index contributed by atoms with van der Waals surface area (Å²) in [5, 5.41) is 9.85. The van der Waals surface area contributed by atoms with E-state index in [2.05, 4.69) is 9.97 Å². The molecule has 1 fully saturated rings. The Bertz CT molecular complexity index is 561. The third-order valence-electron chi connectivity index (χ3n) is 2.70. The third-order valence-corrected chi connectivity index (χ3v) is 3.78. The molecule has 1 aliphatic rings. The highest BCUT2D eigenvalue weighted by Crippen LogP contribution is 2.43. The summed E-state index contributed by atoms with van der Waals surface area (Å²) >= 11 is 1.22. The van der Waals surface area contributed by atoms with Crippen molar-refractivity contribution in [3.8, 4) is 10.7 Å². The fourth-order valence-electron chi connectivity index (χ4n) is 1.72. The number of pyridine rings is 1. The first-order valence-corrected chi connectivity index (χ1v) is 6.23. The highest BCUT2D eigenvalue weighted by Gasteiger charge is 2.32. The van der Waals surface area contributed by atoms with E-state index in [1.807, 2.05) is 18.2 Å². The Morgan fingerprint density at radius 2 is 2.24 bits per heavy atom. The van der Waals surface area contributed by atoms with Crippen molar-refractivity contribution in [2.24, 2.45) is 0 Å². The van der Waals surface area contributed by atoms with Crippen LogP contribution >= 0.6 is 11.3 Å². The van der Waals surface area contributed by atoms with Gasteiger partial charge in [0.15, 0.2) is 0 Å². The van der Waals surface area contributed by atoms with Crippen molar-refractivity contribution in [1.29, 1.82) is 0 Å². The van der Waals surface area contributed by atoms with Gasteiger partial charge in [-0.3, -0.25) is 4.98 Å². The molecule has 17 heavy (non-hydrogen) atoms. The average molecular weight is 246 g/mol. The van der Waals surface area contributed by atoms with Crippen LogP contribution in [0.4, 0.5) is 0 Å². The molecule has 1 aliphatic carbocycles. The number of aromatic carboxylic acids is 1. The number of rotatable bonds is 3. The van der Waals surface area contributed by atoms with Crippen LogP contribution in [-0.2, 0) is 0 Å². The van der Waals surface area contributed by atoms with E-state index in [0.717, 1.165) is 24.2 Å². The van der Waals surface area contributed by atoms with Crippen molar-refractivity contribution in [2.45, 2.75) is 18.8 Å². The molecule has 1 N–H and O–H groups in total. The second-order valence-corrected chi connectivity index (χ2v) is 5.03. The van der Waals surface area contributed by atoms with Gasteiger partial charge >= 0.3 is 5.97 Å². The second kappa shape index (κ2) is 3.92. The Hall–Kier alpha value is -1.75. The van der Waals surface area contributed by atoms with Gasteiger partial charge in [-0.15, -0.1) is 11.3 Å². The molecule has 0 aromatic carbocycles. The standard InChI is InChI=1S/C12H10N2O2S/c15-12(16)10-9(7-4-5-7)14-11(17-10)8-3-1-2-6-13-8/h1-3,6-7H,4-5H2,(H,15,16). The van der Waals surface area contributed by atoms with E-state index in [1.54, 1.807) is 6.20 Å². The van der Waals surface area contributed by atoms with Gasteiger partial charge in [0, 0.05) is 12.1 Å². The molecule has 0 aliphatic heterocycles. The third kappa shape index (κ3) is 1.93. The molecule has 3 rings (SSSR count). The fraction of sp³-hybridized carbons (Fsp3) is 0.250. The van der Waals surface area contributed by atoms with Gasteiger partial charge in [-0.25, -0.2) is 9.78 Å². The zero-order chi connectivity index (χ0) is 11.8. The lowest BCUT2D eigenvalue weighted by Crippen LogP contribution is -1.97. The molecule has 2 aromatic rings. The van der Waals surface area contributed by atoms with Crippen LogP contribution in [0.15, 0.2) is 24.4 Å². The van der Waals surface area contributed by atoms with Crippen molar-refractivity contribution in [1.82, 2.24) is 9.97 Å². The molecular weight excluding hydrogens is 236 g/mol. The Labute approximate surface area is 102 Å². The van der Waals surface area contributed by atoms with Crippen molar-refractivity contribution < 1.29 is 9.90 Å². The first-order chi connectivity index (χ1) is 8.25. The number of nitrogens with zero attached hydrogens (tertiary/aromatic N) is 2. The van der Waals surface area contributed by atoms with Gasteiger partial charge in [-0.1, -0.05) is 6.07 Å². The van der Waals surface area contributed by atoms with Crippen LogP contribution in [0.25, 0.3) is 10.7 Å². The van der Waals surface area contributed by atoms with Crippen molar-refractivity contribution in [3.05, 3.63) is 35.0 Å². The number of carboxylic acids is 1. The minimum atomic E-state index is -0.883. The number of hydrogen-bond donors (Lipinski definition) is 1. The zero-order valence-corrected chi connectivity index (χ0v) is 9.78. The Morgan fingerprint density at radius 1 is 1.41 bits per heavy atom. The Kier molecular flexibility index (Phi) is 2.40. The molecule has 0 spiro atoms. The summed E-state index contributed by atoms with van der Waals surface area (Å²) in [5.41, 5.74) is 1.48. The lowest BCUT2D eigenvalue weighted by molar-refractivity contribution is 0.0700. The molecule has 0 unspecified atom stereocenters. The maximum atomic E-state index is 11.1. The molecular formula is C12H10N2O2S. The van der Waals surface area contributed by atoms with Gasteiger partial charge in [-0.2, -0.15) is 0 Å². The number of thiazole rings is 1. The summed E-state index contributed by atoms with van der Waals surface area (Å²) in [5.74, 6) is -0.540. The summed E-state index contributed by atoms with van der Waals surface area (Å²) in [6.07, 6.45) is 3.78. The van der Waals surface area contributed by atoms with Gasteiger partial charge in [-0.05, 0) is 25.0 Å². The van der Waals surface area contributed by atoms with Gasteiger partial charge < -0.3 is 5.11 Å². The van der Waals surface area contributed by atoms with Crippen LogP contribution < -0.4 is 0 Å². The molecule has 0 amide bonds. The fourth-order valence-corrected chi connectivity index (χ4v) is 2.68. The largest absolute Gasteiger partial charge is 0.477 e. The van der Waals surface area contributed by atoms with E-state index in [0.29, 0.717) is 15.8 Å². The topological polar surface area (TPSA) is 63.1 Å². The van der Waals surface area contributed by atoms with E-state index in [9.17, 15) is 4.79 Å². The Balaban J connectivity index is 2.07. The number of aromatic nitrogens is 2. The van der Waals surface area contributed by atoms with Crippen LogP contribution in [0.1, 0.15) is 34.1 Å². The lowest BCUT2D eigenvalue weighted by Gasteiger charge is -1.92. The number of hydrogen-bond acceptors (Lipinski definition) is 4. The van der Waals surface area contributed by atoms with Crippen molar-refractivity contribution in [2.75, 3.05) is 0 Å². The summed E-state index contributed by atoms with van der Waals surface area (Å²) in [6, 6.07) is 5.55. The first kappa shape index (κ1) is 10.4. The maximum Gasteiger partial charge on any atom is 0.347 e. The van der Waals surface area contributed by atoms with Crippen LogP contribution in [0, 0.1) is 0 Å². The molecule has 0 atom stereocenters. The minimum Gasteiger partial charge on any atom is -0.477 e. The minimum absolute atomic E-state index is 0.342. The van der Waals surface area contributed by atoms with Crippen LogP contribution in [-0.4, -0.2) is 21.0 Å². The maximum absolute atomic E-state index is 11.1. The molecule has 86 valence electrons. The normalized spacial score (nSPS) is 14.8. The summed E-state index contributed by atoms with van der Waals surface area (Å²) in [6.45, 7) is 0. The quantitative estimate of drug-likeness (QED) is 0.904. The Morgan fingerprint density at radius 3 is 2.82 bits per heavy atom. The van der Waals surface area contributed by atoms with Crippen LogP contribution in [0.3, 0.4) is 0 Å².